The zero-order chi connectivity index (χ0) is 16.4. The summed E-state index contributed by atoms with van der Waals surface area (Å²) < 4.78 is 16.9. The second-order valence-electron chi connectivity index (χ2n) is 5.08. The van der Waals surface area contributed by atoms with Crippen LogP contribution >= 0.6 is 0 Å². The second kappa shape index (κ2) is 6.04. The summed E-state index contributed by atoms with van der Waals surface area (Å²) in [4.78, 5) is 12.5. The number of fused-ring (bicyclic) bond motifs is 3. The molecule has 0 bridgehead atoms. The van der Waals surface area contributed by atoms with Crippen LogP contribution in [-0.2, 0) is 0 Å². The molecule has 0 atom stereocenters. The Bertz CT molecular complexity index is 962. The van der Waals surface area contributed by atoms with Gasteiger partial charge >= 0.3 is 0 Å². The van der Waals surface area contributed by atoms with Crippen molar-refractivity contribution < 1.29 is 4.39 Å². The maximum atomic E-state index is 14.1. The van der Waals surface area contributed by atoms with Crippen molar-refractivity contribution in [1.29, 1.82) is 0 Å². The summed E-state index contributed by atoms with van der Waals surface area (Å²) in [7, 11) is 0. The first-order chi connectivity index (χ1) is 11.1. The molecule has 5 heteroatoms. The molecule has 0 unspecified atom stereocenters. The standard InChI is InChI=1S/C18H16FN3O/c1-3-4-5-9-16(19)13(2)22-18(23)15-11-10-14-8-6-7-12-21(14)17(15)20-22/h4-12H,2-3H2,1H3/b5-4-,16-9+. The van der Waals surface area contributed by atoms with E-state index in [0.717, 1.165) is 16.6 Å². The van der Waals surface area contributed by atoms with Crippen molar-refractivity contribution in [2.75, 3.05) is 0 Å². The molecule has 0 radical (unpaired) electrons. The third-order valence-electron chi connectivity index (χ3n) is 3.54. The predicted octanol–water partition coefficient (Wildman–Crippen LogP) is 3.89. The Hall–Kier alpha value is -2.95. The lowest BCUT2D eigenvalue weighted by Gasteiger charge is -2.04. The van der Waals surface area contributed by atoms with E-state index in [1.54, 1.807) is 16.5 Å². The van der Waals surface area contributed by atoms with Crippen molar-refractivity contribution in [3.8, 4) is 11.4 Å². The third-order valence-corrected chi connectivity index (χ3v) is 3.54. The van der Waals surface area contributed by atoms with E-state index < -0.39 is 5.83 Å². The first kappa shape index (κ1) is 15.0. The molecule has 4 nitrogen and oxygen atoms in total. The highest BCUT2D eigenvalue weighted by Crippen LogP contribution is 2.21. The molecule has 0 saturated heterocycles. The summed E-state index contributed by atoms with van der Waals surface area (Å²) in [5, 5.41) is 4.25. The van der Waals surface area contributed by atoms with E-state index >= 15 is 0 Å². The normalized spacial score (nSPS) is 12.5. The first-order valence-corrected chi connectivity index (χ1v) is 7.34. The van der Waals surface area contributed by atoms with Gasteiger partial charge in [-0.1, -0.05) is 31.7 Å². The molecule has 1 aromatic heterocycles. The summed E-state index contributed by atoms with van der Waals surface area (Å²) in [5.74, 6) is -0.111. The number of allylic oxidation sites excluding steroid dienone is 5. The first-order valence-electron chi connectivity index (χ1n) is 7.34. The van der Waals surface area contributed by atoms with Gasteiger partial charge in [-0.3, -0.25) is 9.20 Å². The molecular weight excluding hydrogens is 293 g/mol. The molecular formula is C18H16FN3O. The van der Waals surface area contributed by atoms with Gasteiger partial charge in [0.2, 0.25) is 0 Å². The summed E-state index contributed by atoms with van der Waals surface area (Å²) in [6.45, 7) is 5.61. The Morgan fingerprint density at radius 2 is 2.17 bits per heavy atom. The molecule has 1 aromatic rings. The Morgan fingerprint density at radius 3 is 2.96 bits per heavy atom. The highest BCUT2D eigenvalue weighted by Gasteiger charge is 2.19. The lowest BCUT2D eigenvalue weighted by Crippen LogP contribution is -2.15. The van der Waals surface area contributed by atoms with Crippen LogP contribution in [0.5, 0.6) is 0 Å². The van der Waals surface area contributed by atoms with Crippen molar-refractivity contribution >= 4 is 11.2 Å². The van der Waals surface area contributed by atoms with Gasteiger partial charge < -0.3 is 0 Å². The fourth-order valence-electron chi connectivity index (χ4n) is 2.35. The zero-order valence-corrected chi connectivity index (χ0v) is 12.7. The van der Waals surface area contributed by atoms with Gasteiger partial charge in [0.1, 0.15) is 5.83 Å². The predicted molar refractivity (Wildman–Crippen MR) is 90.0 cm³/mol. The van der Waals surface area contributed by atoms with E-state index in [9.17, 15) is 9.18 Å². The van der Waals surface area contributed by atoms with Gasteiger partial charge in [0.15, 0.2) is 5.82 Å². The lowest BCUT2D eigenvalue weighted by atomic mass is 10.2. The van der Waals surface area contributed by atoms with E-state index in [2.05, 4.69) is 11.7 Å². The summed E-state index contributed by atoms with van der Waals surface area (Å²) in [6, 6.07) is 9.18. The summed E-state index contributed by atoms with van der Waals surface area (Å²) >= 11 is 0. The van der Waals surface area contributed by atoms with E-state index in [0.29, 0.717) is 11.4 Å². The molecule has 3 rings (SSSR count). The number of rotatable bonds is 4. The molecule has 0 spiro atoms. The van der Waals surface area contributed by atoms with Crippen LogP contribution in [0.25, 0.3) is 22.6 Å². The van der Waals surface area contributed by atoms with E-state index in [1.807, 2.05) is 43.5 Å². The van der Waals surface area contributed by atoms with Gasteiger partial charge in [-0.25, -0.2) is 4.39 Å². The molecule has 0 fully saturated rings. The average molecular weight is 309 g/mol. The number of pyridine rings is 2. The van der Waals surface area contributed by atoms with E-state index in [-0.39, 0.29) is 11.3 Å². The Labute approximate surface area is 132 Å². The largest absolute Gasteiger partial charge is 0.300 e. The van der Waals surface area contributed by atoms with E-state index in [1.165, 1.54) is 6.08 Å². The monoisotopic (exact) mass is 309 g/mol. The van der Waals surface area contributed by atoms with Gasteiger partial charge in [-0.2, -0.15) is 4.68 Å². The summed E-state index contributed by atoms with van der Waals surface area (Å²) in [6.07, 6.45) is 7.31. The highest BCUT2D eigenvalue weighted by molar-refractivity contribution is 5.67. The Morgan fingerprint density at radius 1 is 1.35 bits per heavy atom. The van der Waals surface area contributed by atoms with Crippen LogP contribution in [0.4, 0.5) is 4.39 Å². The van der Waals surface area contributed by atoms with Gasteiger partial charge in [0, 0.05) is 11.7 Å². The quantitative estimate of drug-likeness (QED) is 0.686. The lowest BCUT2D eigenvalue weighted by molar-refractivity contribution is 0.652. The highest BCUT2D eigenvalue weighted by atomic mass is 19.1. The zero-order valence-electron chi connectivity index (χ0n) is 12.7. The van der Waals surface area contributed by atoms with Crippen LogP contribution in [0.15, 0.2) is 72.0 Å². The SMILES string of the molecule is C=C(/C(F)=C\C=C/CC)n1nc2n3ccccc3ccc-2c1=O. The fourth-order valence-corrected chi connectivity index (χ4v) is 2.35. The average Bonchev–Trinajstić information content (AvgIpc) is 2.91. The van der Waals surface area contributed by atoms with Gasteiger partial charge in [-0.15, -0.1) is 5.10 Å². The number of hydrogen-bond acceptors (Lipinski definition) is 2. The minimum Gasteiger partial charge on any atom is -0.300 e. The molecule has 23 heavy (non-hydrogen) atoms. The van der Waals surface area contributed by atoms with E-state index in [4.69, 9.17) is 0 Å². The minimum absolute atomic E-state index is 0.0726. The topological polar surface area (TPSA) is 39.3 Å². The minimum atomic E-state index is -0.589. The molecule has 2 aliphatic rings. The van der Waals surface area contributed by atoms with Crippen LogP contribution < -0.4 is 5.56 Å². The van der Waals surface area contributed by atoms with Crippen molar-refractivity contribution in [2.45, 2.75) is 13.3 Å². The number of nitrogens with zero attached hydrogens (tertiary/aromatic N) is 3. The third kappa shape index (κ3) is 2.61. The Kier molecular flexibility index (Phi) is 3.93. The van der Waals surface area contributed by atoms with Gasteiger partial charge in [0.05, 0.1) is 11.3 Å². The van der Waals surface area contributed by atoms with Crippen molar-refractivity contribution in [1.82, 2.24) is 14.2 Å². The van der Waals surface area contributed by atoms with Crippen LogP contribution in [0.1, 0.15) is 13.3 Å². The molecule has 0 saturated carbocycles. The van der Waals surface area contributed by atoms with Gasteiger partial charge in [-0.05, 0) is 36.8 Å². The maximum absolute atomic E-state index is 14.1. The second-order valence-corrected chi connectivity index (χ2v) is 5.08. The van der Waals surface area contributed by atoms with Crippen molar-refractivity contribution in [3.63, 3.8) is 0 Å². The van der Waals surface area contributed by atoms with Crippen molar-refractivity contribution in [2.24, 2.45) is 0 Å². The Balaban J connectivity index is 2.14. The molecule has 0 aliphatic carbocycles. The summed E-state index contributed by atoms with van der Waals surface area (Å²) in [5.41, 5.74) is 0.867. The molecule has 0 aromatic carbocycles. The van der Waals surface area contributed by atoms with Crippen LogP contribution in [0, 0.1) is 0 Å². The van der Waals surface area contributed by atoms with Crippen LogP contribution in [-0.4, -0.2) is 14.2 Å². The van der Waals surface area contributed by atoms with Crippen LogP contribution in [0.3, 0.4) is 0 Å². The number of hydrogen-bond donors (Lipinski definition) is 0. The molecule has 0 amide bonds. The molecule has 2 aliphatic heterocycles. The smallest absolute Gasteiger partial charge is 0.282 e. The molecule has 3 heterocycles. The number of aromatic nitrogens is 3. The van der Waals surface area contributed by atoms with Gasteiger partial charge in [0.25, 0.3) is 5.56 Å². The molecule has 0 N–H and O–H groups in total. The maximum Gasteiger partial charge on any atom is 0.282 e. The van der Waals surface area contributed by atoms with Crippen LogP contribution in [0.2, 0.25) is 0 Å². The van der Waals surface area contributed by atoms with Crippen molar-refractivity contribution in [3.05, 3.63) is 77.5 Å². The molecule has 116 valence electrons. The fraction of sp³-hybridized carbons (Fsp3) is 0.111. The number of halogens is 1.